The fraction of sp³-hybridized carbons (Fsp3) is 0.692. The summed E-state index contributed by atoms with van der Waals surface area (Å²) in [7, 11) is 0. The van der Waals surface area contributed by atoms with Crippen molar-refractivity contribution in [2.75, 3.05) is 0 Å². The predicted molar refractivity (Wildman–Crippen MR) is 63.3 cm³/mol. The van der Waals surface area contributed by atoms with Crippen molar-refractivity contribution in [3.63, 3.8) is 0 Å². The van der Waals surface area contributed by atoms with Gasteiger partial charge in [0.05, 0.1) is 6.10 Å². The quantitative estimate of drug-likeness (QED) is 0.640. The number of aliphatic hydroxyl groups excluding tert-OH is 1. The normalized spacial score (nSPS) is 13.9. The van der Waals surface area contributed by atoms with Crippen molar-refractivity contribution in [2.45, 2.75) is 59.5 Å². The molecule has 0 heterocycles. The second-order valence-corrected chi connectivity index (χ2v) is 4.30. The number of rotatable bonds is 6. The minimum absolute atomic E-state index is 0.170. The number of allylic oxidation sites excluding steroid dienone is 4. The average molecular weight is 196 g/mol. The molecule has 1 nitrogen and oxygen atoms in total. The first-order valence-electron chi connectivity index (χ1n) is 5.49. The summed E-state index contributed by atoms with van der Waals surface area (Å²) in [5.41, 5.74) is 2.82. The van der Waals surface area contributed by atoms with Gasteiger partial charge in [-0.1, -0.05) is 23.3 Å². The van der Waals surface area contributed by atoms with E-state index in [9.17, 15) is 0 Å². The lowest BCUT2D eigenvalue weighted by molar-refractivity contribution is 0.186. The molecule has 0 amide bonds. The van der Waals surface area contributed by atoms with Gasteiger partial charge in [-0.25, -0.2) is 0 Å². The van der Waals surface area contributed by atoms with Gasteiger partial charge in [-0.3, -0.25) is 0 Å². The van der Waals surface area contributed by atoms with E-state index in [1.165, 1.54) is 11.1 Å². The maximum Gasteiger partial charge on any atom is 0.0515 e. The third-order valence-corrected chi connectivity index (χ3v) is 2.17. The molecule has 0 rings (SSSR count). The molecule has 0 aliphatic rings. The average Bonchev–Trinajstić information content (AvgIpc) is 2.02. The number of aliphatic hydroxyl groups is 1. The van der Waals surface area contributed by atoms with Crippen LogP contribution < -0.4 is 0 Å². The monoisotopic (exact) mass is 196 g/mol. The number of hydrogen-bond acceptors (Lipinski definition) is 1. The highest BCUT2D eigenvalue weighted by Gasteiger charge is 1.93. The highest BCUT2D eigenvalue weighted by Crippen LogP contribution is 2.09. The Morgan fingerprint density at radius 2 is 1.79 bits per heavy atom. The Labute approximate surface area is 88.5 Å². The standard InChI is InChI=1S/C13H24O/c1-11(2)7-5-8-12(3)9-6-10-13(4)14/h7,9,13-14H,5-6,8,10H2,1-4H3/b12-9-/t13-/m0/s1. The van der Waals surface area contributed by atoms with Gasteiger partial charge in [0.15, 0.2) is 0 Å². The Morgan fingerprint density at radius 3 is 2.29 bits per heavy atom. The van der Waals surface area contributed by atoms with Gasteiger partial charge in [0.25, 0.3) is 0 Å². The maximum atomic E-state index is 9.08. The number of hydrogen-bond donors (Lipinski definition) is 1. The molecule has 0 saturated carbocycles. The first-order chi connectivity index (χ1) is 6.52. The highest BCUT2D eigenvalue weighted by atomic mass is 16.3. The SMILES string of the molecule is CC(C)=CCC/C(C)=C\CC[C@H](C)O. The zero-order valence-electron chi connectivity index (χ0n) is 10.0. The lowest BCUT2D eigenvalue weighted by Gasteiger charge is -2.02. The fourth-order valence-corrected chi connectivity index (χ4v) is 1.26. The second kappa shape index (κ2) is 7.81. The zero-order chi connectivity index (χ0) is 11.0. The summed E-state index contributed by atoms with van der Waals surface area (Å²) in [6, 6.07) is 0. The molecule has 82 valence electrons. The van der Waals surface area contributed by atoms with Crippen molar-refractivity contribution in [1.29, 1.82) is 0 Å². The van der Waals surface area contributed by atoms with Crippen LogP contribution in [0.15, 0.2) is 23.3 Å². The van der Waals surface area contributed by atoms with Crippen molar-refractivity contribution < 1.29 is 5.11 Å². The summed E-state index contributed by atoms with van der Waals surface area (Å²) in [5.74, 6) is 0. The van der Waals surface area contributed by atoms with Crippen LogP contribution in [-0.4, -0.2) is 11.2 Å². The highest BCUT2D eigenvalue weighted by molar-refractivity contribution is 5.02. The third-order valence-electron chi connectivity index (χ3n) is 2.17. The Bertz CT molecular complexity index is 195. The topological polar surface area (TPSA) is 20.2 Å². The molecule has 14 heavy (non-hydrogen) atoms. The summed E-state index contributed by atoms with van der Waals surface area (Å²) in [4.78, 5) is 0. The summed E-state index contributed by atoms with van der Waals surface area (Å²) in [6.45, 7) is 8.27. The van der Waals surface area contributed by atoms with E-state index in [0.717, 1.165) is 25.7 Å². The van der Waals surface area contributed by atoms with Gasteiger partial charge in [0, 0.05) is 0 Å². The molecular formula is C13H24O. The van der Waals surface area contributed by atoms with E-state index in [1.807, 2.05) is 6.92 Å². The molecule has 0 unspecified atom stereocenters. The molecule has 0 radical (unpaired) electrons. The maximum absolute atomic E-state index is 9.08. The van der Waals surface area contributed by atoms with E-state index in [-0.39, 0.29) is 6.10 Å². The molecule has 1 N–H and O–H groups in total. The minimum atomic E-state index is -0.170. The molecule has 0 saturated heterocycles. The van der Waals surface area contributed by atoms with Gasteiger partial charge >= 0.3 is 0 Å². The van der Waals surface area contributed by atoms with Crippen LogP contribution >= 0.6 is 0 Å². The molecule has 0 aliphatic heterocycles. The molecule has 0 aliphatic carbocycles. The van der Waals surface area contributed by atoms with Crippen LogP contribution in [-0.2, 0) is 0 Å². The zero-order valence-corrected chi connectivity index (χ0v) is 10.0. The van der Waals surface area contributed by atoms with Gasteiger partial charge in [-0.05, 0) is 53.4 Å². The lowest BCUT2D eigenvalue weighted by Crippen LogP contribution is -1.97. The van der Waals surface area contributed by atoms with E-state index in [0.29, 0.717) is 0 Å². The molecule has 0 aromatic rings. The second-order valence-electron chi connectivity index (χ2n) is 4.30. The van der Waals surface area contributed by atoms with Crippen LogP contribution in [0.4, 0.5) is 0 Å². The molecular weight excluding hydrogens is 172 g/mol. The molecule has 0 bridgehead atoms. The van der Waals surface area contributed by atoms with Gasteiger partial charge in [0.2, 0.25) is 0 Å². The minimum Gasteiger partial charge on any atom is -0.393 e. The van der Waals surface area contributed by atoms with E-state index < -0.39 is 0 Å². The summed E-state index contributed by atoms with van der Waals surface area (Å²) in [5, 5.41) is 9.08. The Morgan fingerprint density at radius 1 is 1.14 bits per heavy atom. The van der Waals surface area contributed by atoms with Crippen LogP contribution in [0.5, 0.6) is 0 Å². The van der Waals surface area contributed by atoms with Crippen LogP contribution in [0.1, 0.15) is 53.4 Å². The van der Waals surface area contributed by atoms with Crippen molar-refractivity contribution in [2.24, 2.45) is 0 Å². The van der Waals surface area contributed by atoms with E-state index in [4.69, 9.17) is 5.11 Å². The Kier molecular flexibility index (Phi) is 7.50. The first kappa shape index (κ1) is 13.4. The van der Waals surface area contributed by atoms with Gasteiger partial charge in [0.1, 0.15) is 0 Å². The van der Waals surface area contributed by atoms with E-state index in [2.05, 4.69) is 32.9 Å². The van der Waals surface area contributed by atoms with Gasteiger partial charge < -0.3 is 5.11 Å². The molecule has 1 heteroatoms. The van der Waals surface area contributed by atoms with Crippen molar-refractivity contribution in [1.82, 2.24) is 0 Å². The largest absolute Gasteiger partial charge is 0.393 e. The molecule has 0 aromatic heterocycles. The van der Waals surface area contributed by atoms with Crippen LogP contribution in [0, 0.1) is 0 Å². The van der Waals surface area contributed by atoms with Crippen LogP contribution in [0.2, 0.25) is 0 Å². The Hall–Kier alpha value is -0.560. The summed E-state index contributed by atoms with van der Waals surface area (Å²) < 4.78 is 0. The van der Waals surface area contributed by atoms with E-state index in [1.54, 1.807) is 0 Å². The molecule has 0 spiro atoms. The van der Waals surface area contributed by atoms with Gasteiger partial charge in [-0.2, -0.15) is 0 Å². The lowest BCUT2D eigenvalue weighted by atomic mass is 10.1. The van der Waals surface area contributed by atoms with Gasteiger partial charge in [-0.15, -0.1) is 0 Å². The molecule has 0 fully saturated rings. The van der Waals surface area contributed by atoms with Crippen LogP contribution in [0.3, 0.4) is 0 Å². The summed E-state index contributed by atoms with van der Waals surface area (Å²) >= 11 is 0. The van der Waals surface area contributed by atoms with E-state index >= 15 is 0 Å². The van der Waals surface area contributed by atoms with Crippen molar-refractivity contribution >= 4 is 0 Å². The van der Waals surface area contributed by atoms with Crippen molar-refractivity contribution in [3.05, 3.63) is 23.3 Å². The molecule has 0 aromatic carbocycles. The smallest absolute Gasteiger partial charge is 0.0515 e. The molecule has 1 atom stereocenters. The summed E-state index contributed by atoms with van der Waals surface area (Å²) in [6.07, 6.45) is 8.50. The van der Waals surface area contributed by atoms with Crippen molar-refractivity contribution in [3.8, 4) is 0 Å². The fourth-order valence-electron chi connectivity index (χ4n) is 1.26. The third kappa shape index (κ3) is 9.53. The predicted octanol–water partition coefficient (Wildman–Crippen LogP) is 3.84. The first-order valence-corrected chi connectivity index (χ1v) is 5.49. The Balaban J connectivity index is 3.62. The van der Waals surface area contributed by atoms with Crippen LogP contribution in [0.25, 0.3) is 0 Å².